The number of hydrogen-bond acceptors (Lipinski definition) is 1. The van der Waals surface area contributed by atoms with Crippen LogP contribution >= 0.6 is 0 Å². The summed E-state index contributed by atoms with van der Waals surface area (Å²) in [6.45, 7) is 14.2. The van der Waals surface area contributed by atoms with Gasteiger partial charge in [-0.1, -0.05) is 19.9 Å². The summed E-state index contributed by atoms with van der Waals surface area (Å²) in [5.74, 6) is 1.06. The Morgan fingerprint density at radius 1 is 1.50 bits per heavy atom. The average Bonchev–Trinajstić information content (AvgIpc) is 2.42. The van der Waals surface area contributed by atoms with E-state index in [-0.39, 0.29) is 16.9 Å². The maximum absolute atomic E-state index is 12.3. The first-order valence-corrected chi connectivity index (χ1v) is 6.16. The Hall–Kier alpha value is -0.790. The number of carbonyl (C=O) groups excluding carboxylic acids is 1. The second-order valence-electron chi connectivity index (χ2n) is 6.35. The summed E-state index contributed by atoms with van der Waals surface area (Å²) in [5, 5.41) is 3.10. The number of rotatable bonds is 2. The topological polar surface area (TPSA) is 29.1 Å². The lowest BCUT2D eigenvalue weighted by atomic mass is 9.77. The van der Waals surface area contributed by atoms with Crippen LogP contribution in [0.15, 0.2) is 12.7 Å². The van der Waals surface area contributed by atoms with E-state index < -0.39 is 0 Å². The van der Waals surface area contributed by atoms with Crippen LogP contribution in [0, 0.1) is 17.3 Å². The fraction of sp³-hybridized carbons (Fsp3) is 0.786. The van der Waals surface area contributed by atoms with Crippen LogP contribution in [0.2, 0.25) is 0 Å². The molecule has 0 saturated heterocycles. The van der Waals surface area contributed by atoms with Crippen molar-refractivity contribution in [2.24, 2.45) is 17.3 Å². The molecule has 1 aliphatic rings. The van der Waals surface area contributed by atoms with Gasteiger partial charge in [-0.3, -0.25) is 4.79 Å². The van der Waals surface area contributed by atoms with Gasteiger partial charge in [-0.05, 0) is 45.4 Å². The summed E-state index contributed by atoms with van der Waals surface area (Å²) >= 11 is 0. The molecule has 0 heterocycles. The summed E-state index contributed by atoms with van der Waals surface area (Å²) in [5.41, 5.74) is -0.377. The third kappa shape index (κ3) is 2.47. The van der Waals surface area contributed by atoms with Crippen LogP contribution in [0.1, 0.15) is 47.5 Å². The zero-order valence-corrected chi connectivity index (χ0v) is 11.3. The van der Waals surface area contributed by atoms with E-state index in [4.69, 9.17) is 0 Å². The fourth-order valence-electron chi connectivity index (χ4n) is 2.54. The molecule has 0 aromatic carbocycles. The molecule has 1 fully saturated rings. The van der Waals surface area contributed by atoms with Gasteiger partial charge in [0.15, 0.2) is 0 Å². The van der Waals surface area contributed by atoms with Crippen molar-refractivity contribution < 1.29 is 4.79 Å². The molecule has 0 aromatic rings. The van der Waals surface area contributed by atoms with E-state index in [9.17, 15) is 4.79 Å². The number of allylic oxidation sites excluding steroid dienone is 1. The average molecular weight is 223 g/mol. The Kier molecular flexibility index (Phi) is 3.51. The predicted octanol–water partition coefficient (Wildman–Crippen LogP) is 3.14. The molecule has 2 heteroatoms. The molecule has 0 bridgehead atoms. The molecule has 2 nitrogen and oxygen atoms in total. The van der Waals surface area contributed by atoms with Gasteiger partial charge in [-0.15, -0.1) is 6.58 Å². The van der Waals surface area contributed by atoms with Crippen molar-refractivity contribution in [2.45, 2.75) is 53.0 Å². The van der Waals surface area contributed by atoms with Crippen LogP contribution in [0.3, 0.4) is 0 Å². The highest BCUT2D eigenvalue weighted by molar-refractivity contribution is 5.83. The van der Waals surface area contributed by atoms with Gasteiger partial charge in [0.2, 0.25) is 5.91 Å². The Labute approximate surface area is 99.5 Å². The van der Waals surface area contributed by atoms with E-state index in [2.05, 4.69) is 25.7 Å². The molecule has 0 aromatic heterocycles. The highest BCUT2D eigenvalue weighted by Gasteiger charge is 2.47. The van der Waals surface area contributed by atoms with Gasteiger partial charge < -0.3 is 5.32 Å². The van der Waals surface area contributed by atoms with Crippen molar-refractivity contribution in [1.82, 2.24) is 5.32 Å². The fourth-order valence-corrected chi connectivity index (χ4v) is 2.54. The first-order valence-electron chi connectivity index (χ1n) is 6.16. The lowest BCUT2D eigenvalue weighted by Crippen LogP contribution is -2.49. The largest absolute Gasteiger partial charge is 0.351 e. The summed E-state index contributed by atoms with van der Waals surface area (Å²) in [6.07, 6.45) is 4.05. The number of hydrogen-bond donors (Lipinski definition) is 1. The second kappa shape index (κ2) is 4.23. The molecule has 0 radical (unpaired) electrons. The zero-order valence-electron chi connectivity index (χ0n) is 11.3. The van der Waals surface area contributed by atoms with Crippen molar-refractivity contribution in [2.75, 3.05) is 0 Å². The number of amides is 1. The smallest absolute Gasteiger partial charge is 0.226 e. The predicted molar refractivity (Wildman–Crippen MR) is 68.1 cm³/mol. The number of nitrogens with one attached hydrogen (secondary N) is 1. The van der Waals surface area contributed by atoms with Gasteiger partial charge in [0.05, 0.1) is 0 Å². The maximum Gasteiger partial charge on any atom is 0.226 e. The van der Waals surface area contributed by atoms with Crippen LogP contribution in [-0.2, 0) is 4.79 Å². The molecule has 1 aliphatic carbocycles. The Balaban J connectivity index is 2.79. The summed E-state index contributed by atoms with van der Waals surface area (Å²) in [7, 11) is 0. The standard InChI is InChI=1S/C14H25NO/c1-7-11-8-9-14(6,10(11)2)12(16)15-13(3,4)5/h7,10-11H,1,8-9H2,2-6H3,(H,15,16)/t10-,11+,14?/m0/s1. The van der Waals surface area contributed by atoms with Gasteiger partial charge in [-0.2, -0.15) is 0 Å². The lowest BCUT2D eigenvalue weighted by molar-refractivity contribution is -0.133. The van der Waals surface area contributed by atoms with Gasteiger partial charge in [0.25, 0.3) is 0 Å². The molecule has 1 saturated carbocycles. The van der Waals surface area contributed by atoms with Gasteiger partial charge >= 0.3 is 0 Å². The van der Waals surface area contributed by atoms with E-state index in [0.717, 1.165) is 12.8 Å². The molecule has 1 rings (SSSR count). The molecule has 0 aliphatic heterocycles. The van der Waals surface area contributed by atoms with Crippen LogP contribution < -0.4 is 5.32 Å². The van der Waals surface area contributed by atoms with Crippen molar-refractivity contribution >= 4 is 5.91 Å². The van der Waals surface area contributed by atoms with E-state index in [1.54, 1.807) is 0 Å². The third-order valence-electron chi connectivity index (χ3n) is 3.95. The van der Waals surface area contributed by atoms with Gasteiger partial charge in [0.1, 0.15) is 0 Å². The quantitative estimate of drug-likeness (QED) is 0.716. The summed E-state index contributed by atoms with van der Waals surface area (Å²) in [6, 6.07) is 0. The first kappa shape index (κ1) is 13.3. The van der Waals surface area contributed by atoms with Crippen molar-refractivity contribution in [3.8, 4) is 0 Å². The molecule has 3 atom stereocenters. The maximum atomic E-state index is 12.3. The molecule has 1 amide bonds. The molecular weight excluding hydrogens is 198 g/mol. The van der Waals surface area contributed by atoms with E-state index >= 15 is 0 Å². The molecule has 16 heavy (non-hydrogen) atoms. The highest BCUT2D eigenvalue weighted by Crippen LogP contribution is 2.47. The SMILES string of the molecule is C=C[C@@H]1CCC(C)(C(=O)NC(C)(C)C)[C@H]1C. The van der Waals surface area contributed by atoms with E-state index in [1.807, 2.05) is 26.8 Å². The van der Waals surface area contributed by atoms with Crippen LogP contribution in [0.4, 0.5) is 0 Å². The molecular formula is C14H25NO. The van der Waals surface area contributed by atoms with Gasteiger partial charge in [-0.25, -0.2) is 0 Å². The van der Waals surface area contributed by atoms with Crippen molar-refractivity contribution in [1.29, 1.82) is 0 Å². The molecule has 92 valence electrons. The molecule has 0 spiro atoms. The van der Waals surface area contributed by atoms with Gasteiger partial charge in [0, 0.05) is 11.0 Å². The van der Waals surface area contributed by atoms with Crippen LogP contribution in [-0.4, -0.2) is 11.4 Å². The van der Waals surface area contributed by atoms with E-state index in [0.29, 0.717) is 11.8 Å². The highest BCUT2D eigenvalue weighted by atomic mass is 16.2. The third-order valence-corrected chi connectivity index (χ3v) is 3.95. The minimum Gasteiger partial charge on any atom is -0.351 e. The van der Waals surface area contributed by atoms with Crippen LogP contribution in [0.25, 0.3) is 0 Å². The Bertz CT molecular complexity index is 290. The van der Waals surface area contributed by atoms with Crippen molar-refractivity contribution in [3.05, 3.63) is 12.7 Å². The number of carbonyl (C=O) groups is 1. The lowest BCUT2D eigenvalue weighted by Gasteiger charge is -2.33. The second-order valence-corrected chi connectivity index (χ2v) is 6.35. The summed E-state index contributed by atoms with van der Waals surface area (Å²) < 4.78 is 0. The van der Waals surface area contributed by atoms with Crippen LogP contribution in [0.5, 0.6) is 0 Å². The Morgan fingerprint density at radius 2 is 2.06 bits per heavy atom. The van der Waals surface area contributed by atoms with Crippen molar-refractivity contribution in [3.63, 3.8) is 0 Å². The molecule has 1 N–H and O–H groups in total. The summed E-state index contributed by atoms with van der Waals surface area (Å²) in [4.78, 5) is 12.3. The molecule has 1 unspecified atom stereocenters. The normalized spacial score (nSPS) is 34.8. The minimum absolute atomic E-state index is 0.147. The van der Waals surface area contributed by atoms with E-state index in [1.165, 1.54) is 0 Å². The minimum atomic E-state index is -0.230. The first-order chi connectivity index (χ1) is 7.20. The Morgan fingerprint density at radius 3 is 2.44 bits per heavy atom. The monoisotopic (exact) mass is 223 g/mol. The zero-order chi connectivity index (χ0) is 12.6.